The molecule has 2 aromatic carbocycles. The van der Waals surface area contributed by atoms with Crippen LogP contribution in [0.2, 0.25) is 0 Å². The quantitative estimate of drug-likeness (QED) is 0.151. The van der Waals surface area contributed by atoms with Crippen molar-refractivity contribution in [1.82, 2.24) is 26.4 Å². The number of hydrogen-bond acceptors (Lipinski definition) is 9. The van der Waals surface area contributed by atoms with E-state index in [2.05, 4.69) is 43.9 Å². The Balaban J connectivity index is 1.86. The summed E-state index contributed by atoms with van der Waals surface area (Å²) in [6.45, 7) is 14.4. The number of amides is 4. The van der Waals surface area contributed by atoms with Gasteiger partial charge in [-0.25, -0.2) is 18.6 Å². The van der Waals surface area contributed by atoms with Crippen LogP contribution in [-0.2, 0) is 35.4 Å². The van der Waals surface area contributed by atoms with Crippen molar-refractivity contribution < 1.29 is 37.1 Å². The molecule has 3 rings (SSSR count). The molecule has 1 saturated heterocycles. The fraction of sp³-hybridized carbons (Fsp3) is 0.500. The second-order valence-electron chi connectivity index (χ2n) is 13.6. The van der Waals surface area contributed by atoms with Gasteiger partial charge in [-0.15, -0.1) is 6.58 Å². The Labute approximate surface area is 309 Å². The second kappa shape index (κ2) is 18.5. The number of carbonyl (C=O) groups excluding carboxylic acids is 4. The van der Waals surface area contributed by atoms with Gasteiger partial charge in [-0.3, -0.25) is 19.4 Å². The van der Waals surface area contributed by atoms with Crippen LogP contribution in [-0.4, -0.2) is 79.5 Å². The average Bonchev–Trinajstić information content (AvgIpc) is 3.06. The lowest BCUT2D eigenvalue weighted by Crippen LogP contribution is -2.62. The van der Waals surface area contributed by atoms with E-state index in [1.54, 1.807) is 77.1 Å². The summed E-state index contributed by atoms with van der Waals surface area (Å²) in [6, 6.07) is 10.0. The van der Waals surface area contributed by atoms with Gasteiger partial charge in [-0.1, -0.05) is 48.0 Å². The summed E-state index contributed by atoms with van der Waals surface area (Å²) in [5.74, 6) is -1.47. The first-order valence-electron chi connectivity index (χ1n) is 16.9. The van der Waals surface area contributed by atoms with Gasteiger partial charge >= 0.3 is 6.09 Å². The summed E-state index contributed by atoms with van der Waals surface area (Å²) < 4.78 is 38.4. The topological polar surface area (TPSA) is 172 Å². The van der Waals surface area contributed by atoms with Crippen molar-refractivity contribution in [2.75, 3.05) is 13.1 Å². The lowest BCUT2D eigenvalue weighted by molar-refractivity contribution is -0.143. The summed E-state index contributed by atoms with van der Waals surface area (Å²) >= 11 is 3.31. The van der Waals surface area contributed by atoms with Crippen molar-refractivity contribution in [2.24, 2.45) is 5.92 Å². The van der Waals surface area contributed by atoms with Gasteiger partial charge in [0.05, 0.1) is 4.90 Å². The molecule has 280 valence electrons. The molecule has 1 unspecified atom stereocenters. The monoisotopic (exact) mass is 791 g/mol. The number of alkyl carbamates (subject to hydrolysis) is 1. The first-order chi connectivity index (χ1) is 23.9. The molecule has 51 heavy (non-hydrogen) atoms. The molecule has 13 nitrogen and oxygen atoms in total. The molecule has 0 radical (unpaired) electrons. The van der Waals surface area contributed by atoms with Gasteiger partial charge in [-0.05, 0) is 94.8 Å². The standard InChI is InChI=1S/C36H50BrN5O8S/c1-8-9-19-38-32(43)29-14-11-20-42(41-29)34(45)30(39-33(44)31(23(2)3)40-35(46)50-36(5,6)7)22-25-12-10-13-27(21-25)49-24(4)51(47,48)28-17-15-26(37)16-18-28/h8,10,12-13,15-18,21,23-24,29-31,41H,1,9,11,14,19-20,22H2,2-7H3,(H,38,43)(H,39,44)(H,40,46)/t24?,29-,30-,31-/m0/s1. The van der Waals surface area contributed by atoms with Crippen molar-refractivity contribution in [3.05, 3.63) is 71.2 Å². The molecule has 0 saturated carbocycles. The Hall–Kier alpha value is -3.95. The molecule has 0 aliphatic carbocycles. The van der Waals surface area contributed by atoms with Crippen LogP contribution in [0.5, 0.6) is 5.75 Å². The molecule has 4 atom stereocenters. The van der Waals surface area contributed by atoms with Gasteiger partial charge in [0, 0.05) is 24.0 Å². The number of sulfone groups is 1. The summed E-state index contributed by atoms with van der Waals surface area (Å²) in [5.41, 5.74) is 1.55. The molecular formula is C36H50BrN5O8S. The third-order valence-corrected chi connectivity index (χ3v) is 10.3. The fourth-order valence-corrected chi connectivity index (χ4v) is 6.63. The Morgan fingerprint density at radius 3 is 2.39 bits per heavy atom. The molecule has 1 aliphatic heterocycles. The number of rotatable bonds is 15. The molecule has 0 bridgehead atoms. The third kappa shape index (κ3) is 12.6. The highest BCUT2D eigenvalue weighted by atomic mass is 79.9. The van der Waals surface area contributed by atoms with Crippen LogP contribution in [0, 0.1) is 5.92 Å². The molecule has 1 heterocycles. The van der Waals surface area contributed by atoms with Crippen molar-refractivity contribution in [3.63, 3.8) is 0 Å². The van der Waals surface area contributed by atoms with Gasteiger partial charge < -0.3 is 25.4 Å². The van der Waals surface area contributed by atoms with Crippen LogP contribution in [0.25, 0.3) is 0 Å². The number of nitrogens with one attached hydrogen (secondary N) is 4. The van der Waals surface area contributed by atoms with Crippen molar-refractivity contribution in [1.29, 1.82) is 0 Å². The SMILES string of the molecule is C=CCCNC(=O)[C@@H]1CCCN(C(=O)[C@H](Cc2cccc(OC(C)S(=O)(=O)c3ccc(Br)cc3)c2)NC(=O)[C@@H](NC(=O)OC(C)(C)C)C(C)C)N1. The van der Waals surface area contributed by atoms with Crippen LogP contribution in [0.3, 0.4) is 0 Å². The van der Waals surface area contributed by atoms with Crippen LogP contribution in [0.15, 0.2) is 70.6 Å². The minimum absolute atomic E-state index is 0.0127. The number of halogens is 1. The largest absolute Gasteiger partial charge is 0.474 e. The van der Waals surface area contributed by atoms with E-state index >= 15 is 0 Å². The van der Waals surface area contributed by atoms with Crippen molar-refractivity contribution >= 4 is 49.6 Å². The maximum atomic E-state index is 14.1. The molecule has 0 spiro atoms. The van der Waals surface area contributed by atoms with Crippen LogP contribution in [0.1, 0.15) is 66.4 Å². The maximum Gasteiger partial charge on any atom is 0.408 e. The maximum absolute atomic E-state index is 14.1. The molecule has 15 heteroatoms. The highest BCUT2D eigenvalue weighted by molar-refractivity contribution is 9.10. The number of ether oxygens (including phenoxy) is 2. The van der Waals surface area contributed by atoms with Crippen LogP contribution in [0.4, 0.5) is 4.79 Å². The molecule has 1 fully saturated rings. The molecule has 2 aromatic rings. The fourth-order valence-electron chi connectivity index (χ4n) is 5.23. The summed E-state index contributed by atoms with van der Waals surface area (Å²) in [6.07, 6.45) is 2.56. The smallest absolute Gasteiger partial charge is 0.408 e. The lowest BCUT2D eigenvalue weighted by Gasteiger charge is -2.36. The predicted molar refractivity (Wildman–Crippen MR) is 197 cm³/mol. The van der Waals surface area contributed by atoms with E-state index in [9.17, 15) is 27.6 Å². The van der Waals surface area contributed by atoms with Gasteiger partial charge in [-0.2, -0.15) is 0 Å². The molecule has 4 N–H and O–H groups in total. The minimum Gasteiger partial charge on any atom is -0.474 e. The zero-order valence-corrected chi connectivity index (χ0v) is 32.4. The lowest BCUT2D eigenvalue weighted by atomic mass is 10.0. The Morgan fingerprint density at radius 2 is 1.76 bits per heavy atom. The Kier molecular flexibility index (Phi) is 15.1. The first-order valence-corrected chi connectivity index (χ1v) is 19.3. The first kappa shape index (κ1) is 41.5. The third-order valence-electron chi connectivity index (χ3n) is 7.87. The molecule has 4 amide bonds. The van der Waals surface area contributed by atoms with E-state index in [4.69, 9.17) is 9.47 Å². The van der Waals surface area contributed by atoms with Gasteiger partial charge in [0.15, 0.2) is 0 Å². The average molecular weight is 793 g/mol. The van der Waals surface area contributed by atoms with Gasteiger partial charge in [0.2, 0.25) is 27.1 Å². The molecule has 1 aliphatic rings. The van der Waals surface area contributed by atoms with E-state index in [0.29, 0.717) is 37.9 Å². The minimum atomic E-state index is -3.84. The zero-order chi connectivity index (χ0) is 37.9. The van der Waals surface area contributed by atoms with E-state index in [1.165, 1.54) is 24.1 Å². The summed E-state index contributed by atoms with van der Waals surface area (Å²) in [5, 5.41) is 9.60. The Morgan fingerprint density at radius 1 is 1.08 bits per heavy atom. The summed E-state index contributed by atoms with van der Waals surface area (Å²) in [7, 11) is -3.84. The predicted octanol–water partition coefficient (Wildman–Crippen LogP) is 4.41. The number of hydrogen-bond donors (Lipinski definition) is 4. The van der Waals surface area contributed by atoms with Crippen molar-refractivity contribution in [2.45, 2.75) is 101 Å². The van der Waals surface area contributed by atoms with E-state index in [0.717, 1.165) is 4.47 Å². The summed E-state index contributed by atoms with van der Waals surface area (Å²) in [4.78, 5) is 53.4. The number of carbonyl (C=O) groups is 4. The normalized spacial score (nSPS) is 16.7. The van der Waals surface area contributed by atoms with E-state index in [-0.39, 0.29) is 28.9 Å². The highest BCUT2D eigenvalue weighted by Crippen LogP contribution is 2.24. The molecular weight excluding hydrogens is 742 g/mol. The van der Waals surface area contributed by atoms with Gasteiger partial charge in [0.1, 0.15) is 29.5 Å². The number of hydrazine groups is 1. The van der Waals surface area contributed by atoms with Crippen molar-refractivity contribution in [3.8, 4) is 5.75 Å². The second-order valence-corrected chi connectivity index (χ2v) is 16.8. The zero-order valence-electron chi connectivity index (χ0n) is 30.0. The van der Waals surface area contributed by atoms with Crippen LogP contribution < -0.4 is 26.1 Å². The number of benzene rings is 2. The van der Waals surface area contributed by atoms with E-state index < -0.39 is 56.9 Å². The van der Waals surface area contributed by atoms with Gasteiger partial charge in [0.25, 0.3) is 5.91 Å². The highest BCUT2D eigenvalue weighted by Gasteiger charge is 2.35. The van der Waals surface area contributed by atoms with Crippen LogP contribution >= 0.6 is 15.9 Å². The molecule has 0 aromatic heterocycles. The number of nitrogens with zero attached hydrogens (tertiary/aromatic N) is 1. The Bertz CT molecular complexity index is 1650. The van der Waals surface area contributed by atoms with E-state index in [1.807, 2.05) is 0 Å².